The van der Waals surface area contributed by atoms with Crippen molar-refractivity contribution in [3.05, 3.63) is 12.2 Å². The van der Waals surface area contributed by atoms with Crippen LogP contribution >= 0.6 is 0 Å². The molecule has 0 radical (unpaired) electrons. The van der Waals surface area contributed by atoms with E-state index in [1.54, 1.807) is 28.3 Å². The summed E-state index contributed by atoms with van der Waals surface area (Å²) in [7, 11) is 6.33. The van der Waals surface area contributed by atoms with Gasteiger partial charge < -0.3 is 30.4 Å². The lowest BCUT2D eigenvalue weighted by atomic mass is 10.3. The maximum Gasteiger partial charge on any atom is 0.500 e. The summed E-state index contributed by atoms with van der Waals surface area (Å²) in [5, 5.41) is 0. The Kier molecular flexibility index (Phi) is 11.2. The Labute approximate surface area is 141 Å². The first kappa shape index (κ1) is 23.8. The van der Waals surface area contributed by atoms with E-state index in [0.717, 1.165) is 19.0 Å². The molecule has 0 fully saturated rings. The Morgan fingerprint density at radius 2 is 1.64 bits per heavy atom. The minimum absolute atomic E-state index is 0. The summed E-state index contributed by atoms with van der Waals surface area (Å²) in [5.41, 5.74) is 0.409. The SMILES string of the molecule is C=C(C)C(=O)OC(C)[N+](C)(C)CCC[Si](OC)(OC)OC.[Cl-]. The van der Waals surface area contributed by atoms with Crippen LogP contribution in [0.25, 0.3) is 0 Å². The number of halogens is 1. The standard InChI is InChI=1S/C14H30NO5Si.ClH/c1-12(2)14(16)20-13(3)15(4,5)10-9-11-21(17-6,18-7)19-8;/h13H,1,9-11H2,2-8H3;1H/q+1;/p-1. The second kappa shape index (κ2) is 10.4. The van der Waals surface area contributed by atoms with Crippen LogP contribution in [0.15, 0.2) is 12.2 Å². The highest BCUT2D eigenvalue weighted by Gasteiger charge is 2.38. The molecule has 6 nitrogen and oxygen atoms in total. The van der Waals surface area contributed by atoms with Gasteiger partial charge in [0.25, 0.3) is 0 Å². The van der Waals surface area contributed by atoms with Crippen molar-refractivity contribution in [3.63, 3.8) is 0 Å². The number of carbonyl (C=O) groups is 1. The molecule has 0 aromatic heterocycles. The van der Waals surface area contributed by atoms with Crippen molar-refractivity contribution in [1.29, 1.82) is 0 Å². The fourth-order valence-electron chi connectivity index (χ4n) is 1.84. The van der Waals surface area contributed by atoms with Crippen LogP contribution in [-0.2, 0) is 22.8 Å². The van der Waals surface area contributed by atoms with Gasteiger partial charge in [0.15, 0.2) is 0 Å². The topological polar surface area (TPSA) is 54.0 Å². The normalized spacial score (nSPS) is 13.2. The van der Waals surface area contributed by atoms with Crippen molar-refractivity contribution in [3.8, 4) is 0 Å². The van der Waals surface area contributed by atoms with Gasteiger partial charge in [-0.15, -0.1) is 0 Å². The summed E-state index contributed by atoms with van der Waals surface area (Å²) in [6, 6.07) is 0.722. The first-order valence-electron chi connectivity index (χ1n) is 6.98. The summed E-state index contributed by atoms with van der Waals surface area (Å²) in [6.07, 6.45) is 0.599. The second-order valence-corrected chi connectivity index (χ2v) is 8.78. The summed E-state index contributed by atoms with van der Waals surface area (Å²) in [4.78, 5) is 11.6. The number of rotatable bonds is 10. The molecule has 0 aliphatic heterocycles. The molecule has 1 atom stereocenters. The summed E-state index contributed by atoms with van der Waals surface area (Å²) in [6.45, 7) is 7.93. The number of nitrogens with zero attached hydrogens (tertiary/aromatic N) is 1. The number of hydrogen-bond donors (Lipinski definition) is 0. The Bertz CT molecular complexity index is 353. The quantitative estimate of drug-likeness (QED) is 0.162. The average molecular weight is 356 g/mol. The molecule has 0 aromatic rings. The molecule has 22 heavy (non-hydrogen) atoms. The van der Waals surface area contributed by atoms with E-state index in [0.29, 0.717) is 10.1 Å². The Balaban J connectivity index is 0. The predicted molar refractivity (Wildman–Crippen MR) is 83.5 cm³/mol. The van der Waals surface area contributed by atoms with E-state index in [9.17, 15) is 4.79 Å². The van der Waals surface area contributed by atoms with Crippen LogP contribution in [0, 0.1) is 0 Å². The van der Waals surface area contributed by atoms with Gasteiger partial charge in [-0.2, -0.15) is 0 Å². The van der Waals surface area contributed by atoms with E-state index >= 15 is 0 Å². The molecule has 132 valence electrons. The van der Waals surface area contributed by atoms with Crippen molar-refractivity contribution in [2.45, 2.75) is 32.5 Å². The molecule has 0 saturated carbocycles. The fraction of sp³-hybridized carbons (Fsp3) is 0.786. The van der Waals surface area contributed by atoms with Gasteiger partial charge in [0, 0.05) is 46.3 Å². The predicted octanol–water partition coefficient (Wildman–Crippen LogP) is -1.20. The number of quaternary nitrogens is 1. The molecule has 0 amide bonds. The number of esters is 1. The fourth-order valence-corrected chi connectivity index (χ4v) is 3.54. The van der Waals surface area contributed by atoms with Crippen LogP contribution in [0.4, 0.5) is 0 Å². The molecular formula is C14H30ClNO5Si. The van der Waals surface area contributed by atoms with Crippen LogP contribution in [0.2, 0.25) is 6.04 Å². The van der Waals surface area contributed by atoms with Gasteiger partial charge in [-0.3, -0.25) is 4.48 Å². The molecule has 1 unspecified atom stereocenters. The van der Waals surface area contributed by atoms with E-state index in [1.165, 1.54) is 0 Å². The largest absolute Gasteiger partial charge is 1.00 e. The minimum atomic E-state index is -2.53. The number of hydrogen-bond acceptors (Lipinski definition) is 5. The first-order valence-corrected chi connectivity index (χ1v) is 8.92. The number of carbonyl (C=O) groups excluding carboxylic acids is 1. The van der Waals surface area contributed by atoms with Gasteiger partial charge in [0.1, 0.15) is 0 Å². The number of ether oxygens (including phenoxy) is 1. The maximum absolute atomic E-state index is 11.6. The second-order valence-electron chi connectivity index (χ2n) is 5.69. The van der Waals surface area contributed by atoms with Crippen LogP contribution in [0.3, 0.4) is 0 Å². The Morgan fingerprint density at radius 3 is 2.00 bits per heavy atom. The highest BCUT2D eigenvalue weighted by atomic mass is 35.5. The van der Waals surface area contributed by atoms with Gasteiger partial charge in [-0.1, -0.05) is 6.58 Å². The van der Waals surface area contributed by atoms with Crippen LogP contribution < -0.4 is 12.4 Å². The van der Waals surface area contributed by atoms with E-state index in [2.05, 4.69) is 6.58 Å². The maximum atomic E-state index is 11.6. The molecule has 0 heterocycles. The van der Waals surface area contributed by atoms with E-state index in [4.69, 9.17) is 18.0 Å². The smallest absolute Gasteiger partial charge is 0.500 e. The van der Waals surface area contributed by atoms with Gasteiger partial charge in [0.2, 0.25) is 6.23 Å². The molecular weight excluding hydrogens is 326 g/mol. The lowest BCUT2D eigenvalue weighted by Crippen LogP contribution is -3.00. The third-order valence-corrected chi connectivity index (χ3v) is 6.59. The highest BCUT2D eigenvalue weighted by Crippen LogP contribution is 2.18. The van der Waals surface area contributed by atoms with E-state index in [1.807, 2.05) is 21.0 Å². The Hall–Kier alpha value is -0.443. The molecule has 0 spiro atoms. The van der Waals surface area contributed by atoms with Gasteiger partial charge in [-0.05, 0) is 6.92 Å². The third-order valence-electron chi connectivity index (χ3n) is 3.76. The van der Waals surface area contributed by atoms with E-state index < -0.39 is 8.80 Å². The van der Waals surface area contributed by atoms with Crippen molar-refractivity contribution in [1.82, 2.24) is 0 Å². The minimum Gasteiger partial charge on any atom is -1.00 e. The first-order chi connectivity index (χ1) is 9.64. The monoisotopic (exact) mass is 355 g/mol. The lowest BCUT2D eigenvalue weighted by Gasteiger charge is -2.35. The van der Waals surface area contributed by atoms with Crippen molar-refractivity contribution < 1.29 is 39.7 Å². The van der Waals surface area contributed by atoms with E-state index in [-0.39, 0.29) is 24.6 Å². The van der Waals surface area contributed by atoms with Crippen LogP contribution in [0.1, 0.15) is 20.3 Å². The third kappa shape index (κ3) is 7.21. The lowest BCUT2D eigenvalue weighted by molar-refractivity contribution is -0.932. The molecule has 0 rings (SSSR count). The molecule has 0 bridgehead atoms. The van der Waals surface area contributed by atoms with Gasteiger partial charge >= 0.3 is 14.8 Å². The van der Waals surface area contributed by atoms with Gasteiger partial charge in [0.05, 0.1) is 20.6 Å². The Morgan fingerprint density at radius 1 is 1.18 bits per heavy atom. The van der Waals surface area contributed by atoms with Gasteiger partial charge in [-0.25, -0.2) is 4.79 Å². The molecule has 0 aromatic carbocycles. The highest BCUT2D eigenvalue weighted by molar-refractivity contribution is 6.60. The van der Waals surface area contributed by atoms with Crippen LogP contribution in [0.5, 0.6) is 0 Å². The summed E-state index contributed by atoms with van der Waals surface area (Å²) >= 11 is 0. The zero-order chi connectivity index (χ0) is 16.7. The van der Waals surface area contributed by atoms with Crippen LogP contribution in [-0.4, -0.2) is 67.5 Å². The zero-order valence-electron chi connectivity index (χ0n) is 14.8. The molecule has 0 saturated heterocycles. The summed E-state index contributed by atoms with van der Waals surface area (Å²) < 4.78 is 22.1. The van der Waals surface area contributed by atoms with Crippen molar-refractivity contribution >= 4 is 14.8 Å². The zero-order valence-corrected chi connectivity index (χ0v) is 16.5. The van der Waals surface area contributed by atoms with Crippen molar-refractivity contribution in [2.24, 2.45) is 0 Å². The van der Waals surface area contributed by atoms with Crippen molar-refractivity contribution in [2.75, 3.05) is 42.0 Å². The molecule has 0 aliphatic rings. The average Bonchev–Trinajstić information content (AvgIpc) is 2.43. The summed E-state index contributed by atoms with van der Waals surface area (Å²) in [5.74, 6) is -0.358. The molecule has 8 heteroatoms. The molecule has 0 N–H and O–H groups in total. The molecule has 0 aliphatic carbocycles.